The summed E-state index contributed by atoms with van der Waals surface area (Å²) in [5, 5.41) is 6.41. The van der Waals surface area contributed by atoms with Crippen LogP contribution in [0.25, 0.3) is 28.2 Å². The molecule has 2 bridgehead atoms. The van der Waals surface area contributed by atoms with Crippen molar-refractivity contribution in [2.75, 3.05) is 0 Å². The maximum absolute atomic E-state index is 6.82. The molecule has 0 amide bonds. The van der Waals surface area contributed by atoms with E-state index in [2.05, 4.69) is 45.5 Å². The number of hydrogen-bond donors (Lipinski definition) is 0. The molecule has 4 aliphatic rings. The van der Waals surface area contributed by atoms with Crippen molar-refractivity contribution >= 4 is 40.2 Å². The summed E-state index contributed by atoms with van der Waals surface area (Å²) in [5.74, 6) is 2.20. The topological polar surface area (TPSA) is 70.3 Å². The van der Waals surface area contributed by atoms with Gasteiger partial charge in [0.2, 0.25) is 0 Å². The lowest BCUT2D eigenvalue weighted by atomic mass is 9.58. The molecule has 0 unspecified atom stereocenters. The number of aromatic nitrogens is 3. The number of allylic oxidation sites excluding steroid dienone is 1. The maximum atomic E-state index is 6.82. The van der Waals surface area contributed by atoms with Gasteiger partial charge in [-0.25, -0.2) is 0 Å². The van der Waals surface area contributed by atoms with Gasteiger partial charge in [0.15, 0.2) is 0 Å². The van der Waals surface area contributed by atoms with Gasteiger partial charge in [-0.05, 0) is 94.4 Å². The second-order valence-corrected chi connectivity index (χ2v) is 13.4. The van der Waals surface area contributed by atoms with E-state index in [9.17, 15) is 0 Å². The van der Waals surface area contributed by atoms with E-state index in [1.54, 1.807) is 12.4 Å². The third-order valence-corrected chi connectivity index (χ3v) is 9.91. The molecule has 0 spiro atoms. The number of fused-ring (bicyclic) bond motifs is 4. The van der Waals surface area contributed by atoms with E-state index in [0.717, 1.165) is 79.3 Å². The Morgan fingerprint density at radius 1 is 1.02 bits per heavy atom. The average molecular weight is 605 g/mol. The average Bonchev–Trinajstić information content (AvgIpc) is 3.76. The zero-order valence-corrected chi connectivity index (χ0v) is 25.5. The number of benzene rings is 1. The van der Waals surface area contributed by atoms with Crippen molar-refractivity contribution in [3.05, 3.63) is 75.9 Å². The third kappa shape index (κ3) is 5.34. The van der Waals surface area contributed by atoms with Crippen molar-refractivity contribution in [3.63, 3.8) is 0 Å². The van der Waals surface area contributed by atoms with E-state index in [0.29, 0.717) is 33.8 Å². The molecule has 8 rings (SSSR count). The molecule has 8 heteroatoms. The lowest BCUT2D eigenvalue weighted by molar-refractivity contribution is -0.133. The van der Waals surface area contributed by atoms with Gasteiger partial charge in [-0.1, -0.05) is 46.6 Å². The largest absolute Gasteiger partial charge is 0.490 e. The van der Waals surface area contributed by atoms with Crippen molar-refractivity contribution in [2.45, 2.75) is 89.4 Å². The highest BCUT2D eigenvalue weighted by atomic mass is 35.5. The molecule has 3 aromatic heterocycles. The number of nitrogens with zero attached hydrogens (tertiary/aromatic N) is 3. The Kier molecular flexibility index (Phi) is 7.28. The Bertz CT molecular complexity index is 1610. The van der Waals surface area contributed by atoms with Gasteiger partial charge in [-0.15, -0.1) is 0 Å². The molecular weight excluding hydrogens is 569 g/mol. The molecule has 0 aliphatic heterocycles. The zero-order valence-electron chi connectivity index (χ0n) is 24.0. The normalized spacial score (nSPS) is 23.8. The fourth-order valence-corrected chi connectivity index (χ4v) is 7.25. The smallest absolute Gasteiger partial charge is 0.145 e. The lowest BCUT2D eigenvalue weighted by Gasteiger charge is -2.52. The first-order valence-electron chi connectivity index (χ1n) is 15.0. The van der Waals surface area contributed by atoms with Crippen molar-refractivity contribution in [1.29, 1.82) is 0 Å². The summed E-state index contributed by atoms with van der Waals surface area (Å²) in [5.41, 5.74) is 4.57. The van der Waals surface area contributed by atoms with Crippen LogP contribution in [0.5, 0.6) is 5.75 Å². The molecule has 0 N–H and O–H groups in total. The maximum Gasteiger partial charge on any atom is 0.145 e. The molecule has 0 saturated heterocycles. The molecule has 4 saturated carbocycles. The van der Waals surface area contributed by atoms with Crippen LogP contribution >= 0.6 is 23.2 Å². The summed E-state index contributed by atoms with van der Waals surface area (Å²) in [4.78, 5) is 8.63. The molecule has 4 fully saturated rings. The molecule has 0 atom stereocenters. The molecule has 4 aliphatic carbocycles. The van der Waals surface area contributed by atoms with Crippen molar-refractivity contribution in [3.8, 4) is 17.0 Å². The summed E-state index contributed by atoms with van der Waals surface area (Å²) in [6, 6.07) is 8.38. The Balaban J connectivity index is 1.06. The van der Waals surface area contributed by atoms with Crippen LogP contribution in [0.15, 0.2) is 53.5 Å². The third-order valence-electron chi connectivity index (χ3n) is 9.33. The molecule has 0 radical (unpaired) electrons. The molecule has 3 heterocycles. The minimum absolute atomic E-state index is 0.114. The molecule has 42 heavy (non-hydrogen) atoms. The van der Waals surface area contributed by atoms with E-state index in [1.165, 1.54) is 5.56 Å². The van der Waals surface area contributed by atoms with Gasteiger partial charge >= 0.3 is 0 Å². The minimum atomic E-state index is -0.117. The Morgan fingerprint density at radius 3 is 2.45 bits per heavy atom. The van der Waals surface area contributed by atoms with Crippen LogP contribution in [0.2, 0.25) is 10.0 Å². The van der Waals surface area contributed by atoms with E-state index >= 15 is 0 Å². The van der Waals surface area contributed by atoms with E-state index in [1.807, 2.05) is 26.1 Å². The van der Waals surface area contributed by atoms with Crippen molar-refractivity contribution in [1.82, 2.24) is 15.1 Å². The molecule has 6 nitrogen and oxygen atoms in total. The van der Waals surface area contributed by atoms with E-state index in [4.69, 9.17) is 37.2 Å². The highest BCUT2D eigenvalue weighted by Crippen LogP contribution is 2.55. The van der Waals surface area contributed by atoms with Gasteiger partial charge in [-0.2, -0.15) is 0 Å². The predicted octanol–water partition coefficient (Wildman–Crippen LogP) is 9.58. The van der Waals surface area contributed by atoms with Gasteiger partial charge in [0.1, 0.15) is 17.2 Å². The van der Waals surface area contributed by atoms with E-state index < -0.39 is 0 Å². The first-order valence-corrected chi connectivity index (χ1v) is 15.8. The Morgan fingerprint density at radius 2 is 1.76 bits per heavy atom. The lowest BCUT2D eigenvalue weighted by Crippen LogP contribution is -2.46. The summed E-state index contributed by atoms with van der Waals surface area (Å²) in [7, 11) is 0. The van der Waals surface area contributed by atoms with Gasteiger partial charge in [0.25, 0.3) is 0 Å². The second-order valence-electron chi connectivity index (χ2n) is 12.5. The fourth-order valence-electron chi connectivity index (χ4n) is 6.71. The highest BCUT2D eigenvalue weighted by molar-refractivity contribution is 6.38. The standard InChI is InChI=1S/C34H35Cl2N3O3/c1-21(2)41-29-8-16-38-28-6-3-22(17-24(28)29)7-9-33-10-13-34(14-11-33,15-12-33)40-20-25-31(39-42-32(25)23-4-5-23)30-26(35)18-37-19-27(30)36/h3,6-9,16-19,21,23H,4-5,10-15,20H2,1-2H3/b9-7+. The van der Waals surface area contributed by atoms with Crippen LogP contribution < -0.4 is 4.74 Å². The quantitative estimate of drug-likeness (QED) is 0.190. The summed E-state index contributed by atoms with van der Waals surface area (Å²) in [6.45, 7) is 4.55. The SMILES string of the molecule is CC(C)Oc1ccnc2ccc(/C=C/C34CCC(OCc5c(-c6c(Cl)cncc6Cl)noc5C5CC5)(CC3)CC4)cc12. The minimum Gasteiger partial charge on any atom is -0.490 e. The highest BCUT2D eigenvalue weighted by Gasteiger charge is 2.48. The van der Waals surface area contributed by atoms with Crippen LogP contribution in [0.3, 0.4) is 0 Å². The number of hydrogen-bond acceptors (Lipinski definition) is 6. The zero-order chi connectivity index (χ0) is 28.9. The van der Waals surface area contributed by atoms with Crippen molar-refractivity contribution < 1.29 is 14.0 Å². The van der Waals surface area contributed by atoms with Gasteiger partial charge in [0, 0.05) is 41.0 Å². The molecule has 4 aromatic rings. The number of rotatable bonds is 9. The summed E-state index contributed by atoms with van der Waals surface area (Å²) < 4.78 is 18.7. The first-order chi connectivity index (χ1) is 20.3. The van der Waals surface area contributed by atoms with Crippen molar-refractivity contribution in [2.24, 2.45) is 5.41 Å². The number of pyridine rings is 2. The second kappa shape index (κ2) is 11.0. The Labute approximate surface area is 256 Å². The number of ether oxygens (including phenoxy) is 2. The van der Waals surface area contributed by atoms with Crippen LogP contribution in [-0.2, 0) is 11.3 Å². The molecule has 1 aromatic carbocycles. The number of halogens is 2. The summed E-state index contributed by atoms with van der Waals surface area (Å²) in [6.07, 6.45) is 18.6. The van der Waals surface area contributed by atoms with Gasteiger partial charge in [0.05, 0.1) is 33.9 Å². The fraction of sp³-hybridized carbons (Fsp3) is 0.441. The predicted molar refractivity (Wildman–Crippen MR) is 166 cm³/mol. The van der Waals surface area contributed by atoms with E-state index in [-0.39, 0.29) is 17.1 Å². The monoisotopic (exact) mass is 603 g/mol. The van der Waals surface area contributed by atoms with Crippen LogP contribution in [0, 0.1) is 5.41 Å². The van der Waals surface area contributed by atoms with Crippen LogP contribution in [0.1, 0.15) is 88.0 Å². The molecular formula is C34H35Cl2N3O3. The molecule has 218 valence electrons. The van der Waals surface area contributed by atoms with Gasteiger partial charge in [-0.3, -0.25) is 9.97 Å². The summed E-state index contributed by atoms with van der Waals surface area (Å²) >= 11 is 13.0. The van der Waals surface area contributed by atoms with Crippen LogP contribution in [-0.4, -0.2) is 26.8 Å². The van der Waals surface area contributed by atoms with Gasteiger partial charge < -0.3 is 14.0 Å². The Hall–Kier alpha value is -2.93. The first kappa shape index (κ1) is 27.9. The van der Waals surface area contributed by atoms with Crippen LogP contribution in [0.4, 0.5) is 0 Å².